The molecule has 0 saturated carbocycles. The van der Waals surface area contributed by atoms with E-state index < -0.39 is 0 Å². The Morgan fingerprint density at radius 3 is 2.52 bits per heavy atom. The largest absolute Gasteiger partial charge is 0.507 e. The Morgan fingerprint density at radius 1 is 1.24 bits per heavy atom. The van der Waals surface area contributed by atoms with Crippen molar-refractivity contribution in [3.05, 3.63) is 53.1 Å². The van der Waals surface area contributed by atoms with E-state index in [4.69, 9.17) is 0 Å². The highest BCUT2D eigenvalue weighted by Gasteiger charge is 2.38. The lowest BCUT2D eigenvalue weighted by Gasteiger charge is -2.19. The topological polar surface area (TPSA) is 60.5 Å². The highest BCUT2D eigenvalue weighted by molar-refractivity contribution is 6.03. The van der Waals surface area contributed by atoms with E-state index in [0.29, 0.717) is 35.2 Å². The minimum Gasteiger partial charge on any atom is -0.507 e. The summed E-state index contributed by atoms with van der Waals surface area (Å²) in [6, 6.07) is 7.69. The standard InChI is InChI=1S/C25H31NO3/c1-6-7-8-9-18-13-21(27)23(20-12-16(4)10-11-19(20)15(2)3)24(28)22(18)25(29)26-14-17(26)5/h10-13,17,27-28H,2,6-9,14H2,1,3-5H3/t17-,26?/m1/s1. The van der Waals surface area contributed by atoms with Gasteiger partial charge in [-0.15, -0.1) is 0 Å². The van der Waals surface area contributed by atoms with Crippen LogP contribution in [0.2, 0.25) is 0 Å². The highest BCUT2D eigenvalue weighted by atomic mass is 16.3. The van der Waals surface area contributed by atoms with Gasteiger partial charge in [0.05, 0.1) is 11.1 Å². The van der Waals surface area contributed by atoms with Gasteiger partial charge in [-0.3, -0.25) is 4.79 Å². The molecule has 0 aliphatic carbocycles. The lowest BCUT2D eigenvalue weighted by Crippen LogP contribution is -2.16. The number of nitrogens with zero attached hydrogens (tertiary/aromatic N) is 1. The van der Waals surface area contributed by atoms with Crippen LogP contribution in [0.15, 0.2) is 30.8 Å². The lowest BCUT2D eigenvalue weighted by atomic mass is 9.89. The van der Waals surface area contributed by atoms with Crippen molar-refractivity contribution in [1.29, 1.82) is 0 Å². The third-order valence-electron chi connectivity index (χ3n) is 5.65. The molecular weight excluding hydrogens is 362 g/mol. The van der Waals surface area contributed by atoms with Crippen molar-refractivity contribution in [3.8, 4) is 22.6 Å². The fourth-order valence-corrected chi connectivity index (χ4v) is 3.88. The van der Waals surface area contributed by atoms with Gasteiger partial charge in [-0.25, -0.2) is 0 Å². The number of carbonyl (C=O) groups excluding carboxylic acids is 1. The predicted molar refractivity (Wildman–Crippen MR) is 118 cm³/mol. The minimum atomic E-state index is -0.160. The molecule has 2 aromatic carbocycles. The molecule has 4 heteroatoms. The van der Waals surface area contributed by atoms with Gasteiger partial charge in [0, 0.05) is 12.6 Å². The molecule has 2 aromatic rings. The van der Waals surface area contributed by atoms with Crippen molar-refractivity contribution in [2.75, 3.05) is 6.54 Å². The molecule has 0 bridgehead atoms. The van der Waals surface area contributed by atoms with E-state index in [2.05, 4.69) is 13.5 Å². The molecule has 1 aliphatic rings. The molecule has 1 saturated heterocycles. The summed E-state index contributed by atoms with van der Waals surface area (Å²) in [5.41, 5.74) is 4.72. The molecule has 2 N–H and O–H groups in total. The van der Waals surface area contributed by atoms with Crippen molar-refractivity contribution in [3.63, 3.8) is 0 Å². The zero-order valence-corrected chi connectivity index (χ0v) is 17.9. The van der Waals surface area contributed by atoms with Crippen molar-refractivity contribution >= 4 is 11.5 Å². The molecule has 0 aromatic heterocycles. The van der Waals surface area contributed by atoms with Crippen LogP contribution in [-0.4, -0.2) is 33.6 Å². The maximum absolute atomic E-state index is 13.1. The number of benzene rings is 2. The van der Waals surface area contributed by atoms with Gasteiger partial charge in [-0.05, 0) is 56.4 Å². The third-order valence-corrected chi connectivity index (χ3v) is 5.65. The first kappa shape index (κ1) is 21.0. The smallest absolute Gasteiger partial charge is 0.258 e. The summed E-state index contributed by atoms with van der Waals surface area (Å²) >= 11 is 0. The molecule has 4 nitrogen and oxygen atoms in total. The summed E-state index contributed by atoms with van der Waals surface area (Å²) in [5.74, 6) is -0.293. The van der Waals surface area contributed by atoms with E-state index in [0.717, 1.165) is 36.0 Å². The molecule has 1 aliphatic heterocycles. The van der Waals surface area contributed by atoms with E-state index in [1.54, 1.807) is 11.0 Å². The van der Waals surface area contributed by atoms with Crippen molar-refractivity contribution in [2.24, 2.45) is 0 Å². The molecule has 1 atom stereocenters. The number of amides is 1. The molecule has 0 radical (unpaired) electrons. The van der Waals surface area contributed by atoms with Crippen LogP contribution in [0.1, 0.15) is 67.1 Å². The highest BCUT2D eigenvalue weighted by Crippen LogP contribution is 2.45. The van der Waals surface area contributed by atoms with E-state index in [1.807, 2.05) is 39.0 Å². The van der Waals surface area contributed by atoms with E-state index >= 15 is 0 Å². The van der Waals surface area contributed by atoms with E-state index in [1.165, 1.54) is 0 Å². The zero-order chi connectivity index (χ0) is 21.3. The molecule has 0 spiro atoms. The Morgan fingerprint density at radius 2 is 1.93 bits per heavy atom. The third kappa shape index (κ3) is 4.16. The summed E-state index contributed by atoms with van der Waals surface area (Å²) in [6.07, 6.45) is 3.66. The fourth-order valence-electron chi connectivity index (χ4n) is 3.88. The lowest BCUT2D eigenvalue weighted by molar-refractivity contribution is 0.0872. The monoisotopic (exact) mass is 393 g/mol. The minimum absolute atomic E-state index is 0.00232. The van der Waals surface area contributed by atoms with Gasteiger partial charge in [0.25, 0.3) is 5.91 Å². The van der Waals surface area contributed by atoms with Crippen LogP contribution in [0.4, 0.5) is 0 Å². The second-order valence-corrected chi connectivity index (χ2v) is 8.25. The predicted octanol–water partition coefficient (Wildman–Crippen LogP) is 5.68. The molecule has 154 valence electrons. The maximum Gasteiger partial charge on any atom is 0.258 e. The second-order valence-electron chi connectivity index (χ2n) is 8.25. The first-order valence-electron chi connectivity index (χ1n) is 10.4. The summed E-state index contributed by atoms with van der Waals surface area (Å²) in [7, 11) is 0. The molecule has 29 heavy (non-hydrogen) atoms. The normalized spacial score (nSPS) is 15.4. The molecule has 0 unspecified atom stereocenters. The number of allylic oxidation sites excluding steroid dienone is 1. The van der Waals surface area contributed by atoms with Crippen LogP contribution < -0.4 is 0 Å². The summed E-state index contributed by atoms with van der Waals surface area (Å²) in [4.78, 5) is 14.9. The van der Waals surface area contributed by atoms with Crippen LogP contribution in [0.5, 0.6) is 11.5 Å². The summed E-state index contributed by atoms with van der Waals surface area (Å²) in [5, 5.41) is 22.1. The van der Waals surface area contributed by atoms with Crippen molar-refractivity contribution < 1.29 is 15.0 Å². The number of hydrogen-bond acceptors (Lipinski definition) is 3. The zero-order valence-electron chi connectivity index (χ0n) is 17.9. The Bertz CT molecular complexity index is 961. The quantitative estimate of drug-likeness (QED) is 0.470. The summed E-state index contributed by atoms with van der Waals surface area (Å²) in [6.45, 7) is 12.7. The van der Waals surface area contributed by atoms with Gasteiger partial charge in [0.1, 0.15) is 11.5 Å². The number of phenols is 2. The first-order valence-corrected chi connectivity index (χ1v) is 10.4. The second kappa shape index (κ2) is 8.32. The molecule has 1 amide bonds. The van der Waals surface area contributed by atoms with Gasteiger partial charge in [0.2, 0.25) is 0 Å². The number of rotatable bonds is 7. The SMILES string of the molecule is C=C(C)c1ccc(C)cc1-c1c(O)cc(CCCCC)c(C(=O)N2C[C@H]2C)c1O. The van der Waals surface area contributed by atoms with Crippen molar-refractivity contribution in [2.45, 2.75) is 59.4 Å². The van der Waals surface area contributed by atoms with Gasteiger partial charge >= 0.3 is 0 Å². The van der Waals surface area contributed by atoms with Crippen LogP contribution in [0.3, 0.4) is 0 Å². The van der Waals surface area contributed by atoms with E-state index in [-0.39, 0.29) is 23.4 Å². The average molecular weight is 394 g/mol. The Balaban J connectivity index is 2.20. The van der Waals surface area contributed by atoms with Crippen LogP contribution >= 0.6 is 0 Å². The summed E-state index contributed by atoms with van der Waals surface area (Å²) < 4.78 is 0. The van der Waals surface area contributed by atoms with Gasteiger partial charge in [0.15, 0.2) is 0 Å². The van der Waals surface area contributed by atoms with Crippen LogP contribution in [-0.2, 0) is 6.42 Å². The van der Waals surface area contributed by atoms with Crippen molar-refractivity contribution in [1.82, 2.24) is 4.90 Å². The number of aryl methyl sites for hydroxylation is 2. The van der Waals surface area contributed by atoms with Gasteiger partial charge in [-0.2, -0.15) is 0 Å². The molecule has 3 rings (SSSR count). The number of aromatic hydroxyl groups is 2. The Labute approximate surface area is 173 Å². The van der Waals surface area contributed by atoms with E-state index in [9.17, 15) is 15.0 Å². The Kier molecular flexibility index (Phi) is 6.02. The number of unbranched alkanes of at least 4 members (excludes halogenated alkanes) is 2. The fraction of sp³-hybridized carbons (Fsp3) is 0.400. The van der Waals surface area contributed by atoms with Crippen LogP contribution in [0.25, 0.3) is 16.7 Å². The molecule has 1 fully saturated rings. The van der Waals surface area contributed by atoms with Gasteiger partial charge < -0.3 is 15.1 Å². The first-order chi connectivity index (χ1) is 13.8. The van der Waals surface area contributed by atoms with Crippen LogP contribution in [0, 0.1) is 6.92 Å². The van der Waals surface area contributed by atoms with Gasteiger partial charge in [-0.1, -0.05) is 55.7 Å². The molecular formula is C25H31NO3. The number of hydrogen-bond donors (Lipinski definition) is 2. The molecule has 1 heterocycles. The number of carbonyl (C=O) groups is 1. The average Bonchev–Trinajstić information content (AvgIpc) is 3.38. The maximum atomic E-state index is 13.1. The number of phenolic OH excluding ortho intramolecular Hbond substituents is 2. The Hall–Kier alpha value is -2.75.